The van der Waals surface area contributed by atoms with E-state index in [1.807, 2.05) is 46.8 Å². The second kappa shape index (κ2) is 5.92. The summed E-state index contributed by atoms with van der Waals surface area (Å²) in [6.45, 7) is 10.0. The summed E-state index contributed by atoms with van der Waals surface area (Å²) >= 11 is 0. The highest BCUT2D eigenvalue weighted by Crippen LogP contribution is 2.34. The second-order valence-corrected chi connectivity index (χ2v) is 6.58. The lowest BCUT2D eigenvalue weighted by Gasteiger charge is -2.30. The minimum atomic E-state index is -0.486. The lowest BCUT2D eigenvalue weighted by atomic mass is 9.94. The van der Waals surface area contributed by atoms with Gasteiger partial charge < -0.3 is 14.8 Å². The second-order valence-electron chi connectivity index (χ2n) is 6.58. The van der Waals surface area contributed by atoms with Crippen molar-refractivity contribution in [2.45, 2.75) is 58.7 Å². The number of nitrogens with one attached hydrogen (secondary N) is 1. The Morgan fingerprint density at radius 3 is 2.86 bits per heavy atom. The lowest BCUT2D eigenvalue weighted by Crippen LogP contribution is -2.37. The van der Waals surface area contributed by atoms with Crippen molar-refractivity contribution in [1.82, 2.24) is 10.3 Å². The summed E-state index contributed by atoms with van der Waals surface area (Å²) in [4.78, 5) is 16.3. The standard InChI is InChI=1S/C16H24N2O3/c1-10-6-7-13-14(18-10)12(8-11(2)20-13)9-17-15(19)21-16(3,4)5/h6-7,11-12H,8-9H2,1-5H3,(H,17,19)/t11-,12-/m1/s1. The molecule has 1 aromatic rings. The van der Waals surface area contributed by atoms with Crippen molar-refractivity contribution < 1.29 is 14.3 Å². The largest absolute Gasteiger partial charge is 0.489 e. The molecule has 1 N–H and O–H groups in total. The monoisotopic (exact) mass is 292 g/mol. The van der Waals surface area contributed by atoms with Gasteiger partial charge in [-0.2, -0.15) is 0 Å². The number of alkyl carbamates (subject to hydrolysis) is 1. The molecule has 0 bridgehead atoms. The van der Waals surface area contributed by atoms with Crippen LogP contribution >= 0.6 is 0 Å². The van der Waals surface area contributed by atoms with E-state index in [-0.39, 0.29) is 12.0 Å². The van der Waals surface area contributed by atoms with Crippen molar-refractivity contribution in [3.05, 3.63) is 23.5 Å². The summed E-state index contributed by atoms with van der Waals surface area (Å²) in [5.41, 5.74) is 1.39. The zero-order valence-electron chi connectivity index (χ0n) is 13.4. The van der Waals surface area contributed by atoms with Gasteiger partial charge in [-0.1, -0.05) is 0 Å². The van der Waals surface area contributed by atoms with E-state index >= 15 is 0 Å². The van der Waals surface area contributed by atoms with E-state index in [4.69, 9.17) is 9.47 Å². The predicted molar refractivity (Wildman–Crippen MR) is 80.7 cm³/mol. The van der Waals surface area contributed by atoms with Crippen LogP contribution < -0.4 is 10.1 Å². The van der Waals surface area contributed by atoms with Gasteiger partial charge in [0.25, 0.3) is 0 Å². The van der Waals surface area contributed by atoms with E-state index in [0.717, 1.165) is 23.6 Å². The van der Waals surface area contributed by atoms with Gasteiger partial charge in [-0.15, -0.1) is 0 Å². The molecule has 0 saturated heterocycles. The average molecular weight is 292 g/mol. The van der Waals surface area contributed by atoms with E-state index in [2.05, 4.69) is 10.3 Å². The Morgan fingerprint density at radius 2 is 2.19 bits per heavy atom. The first-order chi connectivity index (χ1) is 9.74. The van der Waals surface area contributed by atoms with Crippen molar-refractivity contribution in [1.29, 1.82) is 0 Å². The molecule has 5 heteroatoms. The predicted octanol–water partition coefficient (Wildman–Crippen LogP) is 3.17. The Kier molecular flexibility index (Phi) is 4.40. The number of aromatic nitrogens is 1. The van der Waals surface area contributed by atoms with Crippen molar-refractivity contribution in [2.24, 2.45) is 0 Å². The number of amides is 1. The maximum absolute atomic E-state index is 11.8. The third kappa shape index (κ3) is 4.34. The number of pyridine rings is 1. The molecule has 0 fully saturated rings. The van der Waals surface area contributed by atoms with E-state index in [1.165, 1.54) is 0 Å². The summed E-state index contributed by atoms with van der Waals surface area (Å²) in [5.74, 6) is 0.964. The zero-order chi connectivity index (χ0) is 15.6. The average Bonchev–Trinajstić information content (AvgIpc) is 2.34. The molecule has 1 aliphatic heterocycles. The van der Waals surface area contributed by atoms with Gasteiger partial charge in [0.1, 0.15) is 11.4 Å². The number of fused-ring (bicyclic) bond motifs is 1. The smallest absolute Gasteiger partial charge is 0.407 e. The zero-order valence-corrected chi connectivity index (χ0v) is 13.4. The van der Waals surface area contributed by atoms with Gasteiger partial charge in [-0.25, -0.2) is 4.79 Å². The Morgan fingerprint density at radius 1 is 1.48 bits per heavy atom. The van der Waals surface area contributed by atoms with Crippen LogP contribution in [0.25, 0.3) is 0 Å². The molecule has 1 aromatic heterocycles. The Hall–Kier alpha value is -1.78. The molecule has 0 spiro atoms. The van der Waals surface area contributed by atoms with Crippen LogP contribution in [0.2, 0.25) is 0 Å². The Labute approximate surface area is 126 Å². The number of carbonyl (C=O) groups is 1. The molecule has 5 nitrogen and oxygen atoms in total. The Balaban J connectivity index is 2.04. The highest BCUT2D eigenvalue weighted by atomic mass is 16.6. The van der Waals surface area contributed by atoms with Crippen molar-refractivity contribution in [3.63, 3.8) is 0 Å². The van der Waals surface area contributed by atoms with E-state index < -0.39 is 11.7 Å². The molecule has 1 amide bonds. The first-order valence-electron chi connectivity index (χ1n) is 7.35. The summed E-state index contributed by atoms with van der Waals surface area (Å²) < 4.78 is 11.1. The molecular formula is C16H24N2O3. The quantitative estimate of drug-likeness (QED) is 0.909. The molecule has 2 rings (SSSR count). The van der Waals surface area contributed by atoms with Crippen LogP contribution in [0.5, 0.6) is 5.75 Å². The molecule has 0 saturated carbocycles. The maximum atomic E-state index is 11.8. The van der Waals surface area contributed by atoms with E-state index in [1.54, 1.807) is 0 Å². The molecule has 0 aromatic carbocycles. The van der Waals surface area contributed by atoms with Crippen molar-refractivity contribution in [2.75, 3.05) is 6.54 Å². The number of hydrogen-bond acceptors (Lipinski definition) is 4. The molecule has 0 aliphatic carbocycles. The SMILES string of the molecule is Cc1ccc2c(n1)[C@@H](CNC(=O)OC(C)(C)C)C[C@@H](C)O2. The number of carbonyl (C=O) groups excluding carboxylic acids is 1. The fourth-order valence-electron chi connectivity index (χ4n) is 2.43. The fourth-order valence-corrected chi connectivity index (χ4v) is 2.43. The van der Waals surface area contributed by atoms with Gasteiger partial charge in [-0.3, -0.25) is 4.98 Å². The summed E-state index contributed by atoms with van der Waals surface area (Å²) in [6.07, 6.45) is 0.558. The molecule has 0 radical (unpaired) electrons. The normalized spacial score (nSPS) is 21.2. The summed E-state index contributed by atoms with van der Waals surface area (Å²) in [6, 6.07) is 3.89. The van der Waals surface area contributed by atoms with Gasteiger partial charge in [0.15, 0.2) is 0 Å². The maximum Gasteiger partial charge on any atom is 0.407 e. The number of ether oxygens (including phenoxy) is 2. The minimum Gasteiger partial charge on any atom is -0.489 e. The first-order valence-corrected chi connectivity index (χ1v) is 7.35. The molecule has 2 atom stereocenters. The summed E-state index contributed by atoms with van der Waals surface area (Å²) in [5, 5.41) is 2.83. The van der Waals surface area contributed by atoms with Crippen LogP contribution in [0.4, 0.5) is 4.79 Å². The number of nitrogens with zero attached hydrogens (tertiary/aromatic N) is 1. The lowest BCUT2D eigenvalue weighted by molar-refractivity contribution is 0.0517. The van der Waals surface area contributed by atoms with Crippen molar-refractivity contribution >= 4 is 6.09 Å². The van der Waals surface area contributed by atoms with Gasteiger partial charge in [0, 0.05) is 18.2 Å². The number of aryl methyl sites for hydroxylation is 1. The van der Waals surface area contributed by atoms with Crippen LogP contribution in [0.3, 0.4) is 0 Å². The minimum absolute atomic E-state index is 0.118. The van der Waals surface area contributed by atoms with Gasteiger partial charge in [0.2, 0.25) is 0 Å². The van der Waals surface area contributed by atoms with Gasteiger partial charge >= 0.3 is 6.09 Å². The van der Waals surface area contributed by atoms with Gasteiger partial charge in [-0.05, 0) is 53.2 Å². The topological polar surface area (TPSA) is 60.5 Å². The molecule has 0 unspecified atom stereocenters. The third-order valence-electron chi connectivity index (χ3n) is 3.25. The van der Waals surface area contributed by atoms with Crippen molar-refractivity contribution in [3.8, 4) is 5.75 Å². The van der Waals surface area contributed by atoms with Crippen LogP contribution in [0.1, 0.15) is 51.4 Å². The highest BCUT2D eigenvalue weighted by molar-refractivity contribution is 5.67. The fraction of sp³-hybridized carbons (Fsp3) is 0.625. The number of hydrogen-bond donors (Lipinski definition) is 1. The van der Waals surface area contributed by atoms with E-state index in [0.29, 0.717) is 6.54 Å². The van der Waals surface area contributed by atoms with Gasteiger partial charge in [0.05, 0.1) is 11.8 Å². The third-order valence-corrected chi connectivity index (χ3v) is 3.25. The molecule has 21 heavy (non-hydrogen) atoms. The summed E-state index contributed by atoms with van der Waals surface area (Å²) in [7, 11) is 0. The Bertz CT molecular complexity index is 523. The van der Waals surface area contributed by atoms with Crippen LogP contribution in [-0.2, 0) is 4.74 Å². The van der Waals surface area contributed by atoms with Crippen LogP contribution in [0.15, 0.2) is 12.1 Å². The molecular weight excluding hydrogens is 268 g/mol. The number of rotatable bonds is 2. The molecule has 1 aliphatic rings. The molecule has 2 heterocycles. The molecule has 116 valence electrons. The first kappa shape index (κ1) is 15.6. The van der Waals surface area contributed by atoms with E-state index in [9.17, 15) is 4.79 Å². The highest BCUT2D eigenvalue weighted by Gasteiger charge is 2.28. The van der Waals surface area contributed by atoms with Crippen LogP contribution in [0, 0.1) is 6.92 Å². The van der Waals surface area contributed by atoms with Crippen LogP contribution in [-0.4, -0.2) is 29.3 Å².